The highest BCUT2D eigenvalue weighted by Gasteiger charge is 2.14. The number of hydrogen-bond donors (Lipinski definition) is 1. The highest BCUT2D eigenvalue weighted by molar-refractivity contribution is 5.60. The topological polar surface area (TPSA) is 98.1 Å². The first-order valence-corrected chi connectivity index (χ1v) is 7.00. The largest absolute Gasteiger partial charge is 0.264 e. The van der Waals surface area contributed by atoms with Crippen LogP contribution in [-0.2, 0) is 6.54 Å². The lowest BCUT2D eigenvalue weighted by Crippen LogP contribution is -2.06. The van der Waals surface area contributed by atoms with Gasteiger partial charge in [0.25, 0.3) is 0 Å². The maximum Gasteiger partial charge on any atom is 0.183 e. The minimum Gasteiger partial charge on any atom is -0.264 e. The number of pyridine rings is 2. The average molecular weight is 304 g/mol. The van der Waals surface area contributed by atoms with Crippen molar-refractivity contribution < 1.29 is 0 Å². The van der Waals surface area contributed by atoms with Crippen LogP contribution in [0.4, 0.5) is 0 Å². The van der Waals surface area contributed by atoms with Gasteiger partial charge >= 0.3 is 0 Å². The van der Waals surface area contributed by atoms with Gasteiger partial charge in [-0.3, -0.25) is 15.1 Å². The Hall–Kier alpha value is -3.42. The van der Waals surface area contributed by atoms with Gasteiger partial charge in [-0.1, -0.05) is 0 Å². The minimum absolute atomic E-state index is 0.442. The number of rotatable bonds is 4. The molecule has 0 aliphatic heterocycles. The van der Waals surface area contributed by atoms with E-state index < -0.39 is 0 Å². The van der Waals surface area contributed by atoms with Crippen LogP contribution < -0.4 is 0 Å². The van der Waals surface area contributed by atoms with Gasteiger partial charge in [-0.05, 0) is 24.3 Å². The van der Waals surface area contributed by atoms with E-state index in [9.17, 15) is 0 Å². The van der Waals surface area contributed by atoms with Crippen LogP contribution in [0.3, 0.4) is 0 Å². The van der Waals surface area contributed by atoms with Gasteiger partial charge in [0.15, 0.2) is 11.6 Å². The van der Waals surface area contributed by atoms with Crippen molar-refractivity contribution in [3.05, 3.63) is 61.2 Å². The molecule has 0 radical (unpaired) electrons. The molecule has 0 fully saturated rings. The van der Waals surface area contributed by atoms with Crippen molar-refractivity contribution in [1.29, 1.82) is 0 Å². The smallest absolute Gasteiger partial charge is 0.183 e. The number of aromatic amines is 1. The van der Waals surface area contributed by atoms with Crippen molar-refractivity contribution >= 4 is 0 Å². The van der Waals surface area contributed by atoms with Gasteiger partial charge in [0.2, 0.25) is 0 Å². The summed E-state index contributed by atoms with van der Waals surface area (Å²) in [5, 5.41) is 11.3. The van der Waals surface area contributed by atoms with Crippen LogP contribution in [-0.4, -0.2) is 39.9 Å². The Balaban J connectivity index is 1.80. The lowest BCUT2D eigenvalue weighted by atomic mass is 10.2. The minimum atomic E-state index is 0.442. The van der Waals surface area contributed by atoms with Gasteiger partial charge in [0, 0.05) is 35.9 Å². The van der Waals surface area contributed by atoms with Crippen LogP contribution in [0.5, 0.6) is 0 Å². The van der Waals surface area contributed by atoms with Crippen LogP contribution >= 0.6 is 0 Å². The summed E-state index contributed by atoms with van der Waals surface area (Å²) in [6.45, 7) is 0.442. The van der Waals surface area contributed by atoms with Gasteiger partial charge in [-0.25, -0.2) is 14.6 Å². The van der Waals surface area contributed by atoms with E-state index in [0.29, 0.717) is 24.0 Å². The van der Waals surface area contributed by atoms with Crippen molar-refractivity contribution in [1.82, 2.24) is 39.9 Å². The normalized spacial score (nSPS) is 10.8. The Morgan fingerprint density at radius 2 is 1.78 bits per heavy atom. The maximum atomic E-state index is 4.64. The quantitative estimate of drug-likeness (QED) is 0.614. The summed E-state index contributed by atoms with van der Waals surface area (Å²) in [5.41, 5.74) is 1.74. The monoisotopic (exact) mass is 304 g/mol. The fourth-order valence-electron chi connectivity index (χ4n) is 2.23. The van der Waals surface area contributed by atoms with E-state index in [2.05, 4.69) is 35.2 Å². The average Bonchev–Trinajstić information content (AvgIpc) is 3.27. The molecule has 0 atom stereocenters. The van der Waals surface area contributed by atoms with E-state index in [-0.39, 0.29) is 0 Å². The molecule has 0 saturated carbocycles. The molecule has 0 unspecified atom stereocenters. The third-order valence-corrected chi connectivity index (χ3v) is 3.28. The zero-order valence-corrected chi connectivity index (χ0v) is 12.0. The van der Waals surface area contributed by atoms with Crippen molar-refractivity contribution in [3.8, 4) is 22.8 Å². The van der Waals surface area contributed by atoms with E-state index >= 15 is 0 Å². The molecule has 4 aromatic heterocycles. The Bertz CT molecular complexity index is 884. The fourth-order valence-corrected chi connectivity index (χ4v) is 2.23. The van der Waals surface area contributed by atoms with Crippen LogP contribution in [0.2, 0.25) is 0 Å². The molecule has 8 heteroatoms. The summed E-state index contributed by atoms with van der Waals surface area (Å²) in [5.74, 6) is 2.03. The van der Waals surface area contributed by atoms with E-state index in [1.54, 1.807) is 29.5 Å². The summed E-state index contributed by atoms with van der Waals surface area (Å²) in [7, 11) is 0. The Morgan fingerprint density at radius 3 is 2.43 bits per heavy atom. The molecule has 1 N–H and O–H groups in total. The van der Waals surface area contributed by atoms with Gasteiger partial charge in [-0.2, -0.15) is 5.10 Å². The van der Waals surface area contributed by atoms with Crippen molar-refractivity contribution in [2.24, 2.45) is 0 Å². The summed E-state index contributed by atoms with van der Waals surface area (Å²) in [6, 6.07) is 7.60. The molecule has 0 aliphatic rings. The first kappa shape index (κ1) is 13.3. The molecule has 0 amide bonds. The summed E-state index contributed by atoms with van der Waals surface area (Å²) in [4.78, 5) is 17.1. The van der Waals surface area contributed by atoms with E-state index in [4.69, 9.17) is 0 Å². The van der Waals surface area contributed by atoms with E-state index in [1.807, 2.05) is 24.3 Å². The summed E-state index contributed by atoms with van der Waals surface area (Å²) >= 11 is 0. The molecule has 0 bridgehead atoms. The molecule has 0 spiro atoms. The molecular weight excluding hydrogens is 292 g/mol. The Labute approximate surface area is 131 Å². The second-order valence-corrected chi connectivity index (χ2v) is 4.83. The number of nitrogens with zero attached hydrogens (tertiary/aromatic N) is 7. The maximum absolute atomic E-state index is 4.64. The van der Waals surface area contributed by atoms with Crippen LogP contribution in [0, 0.1) is 0 Å². The van der Waals surface area contributed by atoms with Crippen molar-refractivity contribution in [3.63, 3.8) is 0 Å². The Kier molecular flexibility index (Phi) is 3.32. The van der Waals surface area contributed by atoms with Gasteiger partial charge < -0.3 is 0 Å². The summed E-state index contributed by atoms with van der Waals surface area (Å²) in [6.07, 6.45) is 8.41. The molecule has 0 saturated heterocycles. The first-order valence-electron chi connectivity index (χ1n) is 7.00. The molecule has 112 valence electrons. The predicted molar refractivity (Wildman–Crippen MR) is 82.0 cm³/mol. The lowest BCUT2D eigenvalue weighted by Gasteiger charge is -2.02. The zero-order valence-electron chi connectivity index (χ0n) is 12.0. The molecule has 4 aromatic rings. The third-order valence-electron chi connectivity index (χ3n) is 3.28. The van der Waals surface area contributed by atoms with Crippen molar-refractivity contribution in [2.75, 3.05) is 0 Å². The lowest BCUT2D eigenvalue weighted by molar-refractivity contribution is 0.664. The molecule has 4 rings (SSSR count). The zero-order chi connectivity index (χ0) is 15.5. The first-order chi connectivity index (χ1) is 11.4. The fraction of sp³-hybridized carbons (Fsp3) is 0.0667. The van der Waals surface area contributed by atoms with Gasteiger partial charge in [0.05, 0.1) is 0 Å². The van der Waals surface area contributed by atoms with Crippen LogP contribution in [0.25, 0.3) is 22.8 Å². The van der Waals surface area contributed by atoms with Gasteiger partial charge in [0.1, 0.15) is 18.7 Å². The molecule has 8 nitrogen and oxygen atoms in total. The van der Waals surface area contributed by atoms with E-state index in [1.165, 1.54) is 6.33 Å². The second kappa shape index (κ2) is 5.76. The molecule has 0 aliphatic carbocycles. The van der Waals surface area contributed by atoms with Crippen LogP contribution in [0.1, 0.15) is 5.82 Å². The van der Waals surface area contributed by atoms with Crippen molar-refractivity contribution in [2.45, 2.75) is 6.54 Å². The number of aromatic nitrogens is 8. The molecule has 23 heavy (non-hydrogen) atoms. The Morgan fingerprint density at radius 1 is 1.00 bits per heavy atom. The predicted octanol–water partition coefficient (Wildman–Crippen LogP) is 1.57. The van der Waals surface area contributed by atoms with Crippen LogP contribution in [0.15, 0.2) is 55.4 Å². The third kappa shape index (κ3) is 2.69. The number of nitrogens with one attached hydrogen (secondary N) is 1. The highest BCUT2D eigenvalue weighted by atomic mass is 15.4. The number of hydrogen-bond acceptors (Lipinski definition) is 6. The molecule has 0 aromatic carbocycles. The molecular formula is C15H12N8. The second-order valence-electron chi connectivity index (χ2n) is 4.83. The summed E-state index contributed by atoms with van der Waals surface area (Å²) < 4.78 is 1.78. The SMILES string of the molecule is c1cncc(-c2nc(-c3cccnc3)n(Cc3ncn[nH]3)n2)c1. The number of H-pyrrole nitrogens is 1. The molecule has 4 heterocycles. The highest BCUT2D eigenvalue weighted by Crippen LogP contribution is 2.21. The van der Waals surface area contributed by atoms with E-state index in [0.717, 1.165) is 11.1 Å². The van der Waals surface area contributed by atoms with Gasteiger partial charge in [-0.15, -0.1) is 5.10 Å². The standard InChI is InChI=1S/C15H12N8/c1-3-11(7-16-5-1)14-20-15(12-4-2-6-17-8-12)23(22-14)9-13-18-10-19-21-13/h1-8,10H,9H2,(H,18,19,21).